The summed E-state index contributed by atoms with van der Waals surface area (Å²) in [4.78, 5) is 39.1. The maximum Gasteiger partial charge on any atom is 0.329 e. The fourth-order valence-corrected chi connectivity index (χ4v) is 3.22. The van der Waals surface area contributed by atoms with E-state index in [4.69, 9.17) is 4.74 Å². The molecule has 6 nitrogen and oxygen atoms in total. The van der Waals surface area contributed by atoms with Crippen LogP contribution >= 0.6 is 0 Å². The summed E-state index contributed by atoms with van der Waals surface area (Å²) in [6.45, 7) is 5.57. The first-order chi connectivity index (χ1) is 14.9. The van der Waals surface area contributed by atoms with Crippen molar-refractivity contribution in [1.82, 2.24) is 4.90 Å². The standard InChI is InChI=1S/C25H29NO5/c1-5-31-25(29)24(18(2)3)26(22(27)16-23(28)30-4)17-21(19-12-8-6-9-13-19)20-14-10-7-11-15-20/h6-15,17-18,24H,5,16H2,1-4H3. The molecule has 0 aliphatic carbocycles. The summed E-state index contributed by atoms with van der Waals surface area (Å²) < 4.78 is 9.91. The number of hydrogen-bond donors (Lipinski definition) is 0. The number of methoxy groups -OCH3 is 1. The first-order valence-electron chi connectivity index (χ1n) is 10.3. The number of esters is 2. The summed E-state index contributed by atoms with van der Waals surface area (Å²) in [5, 5.41) is 0. The molecule has 0 heterocycles. The topological polar surface area (TPSA) is 72.9 Å². The van der Waals surface area contributed by atoms with Crippen molar-refractivity contribution in [2.24, 2.45) is 5.92 Å². The molecule has 0 radical (unpaired) electrons. The molecule has 0 bridgehead atoms. The number of hydrogen-bond acceptors (Lipinski definition) is 5. The number of carbonyl (C=O) groups is 3. The van der Waals surface area contributed by atoms with E-state index in [-0.39, 0.29) is 12.5 Å². The van der Waals surface area contributed by atoms with Gasteiger partial charge in [-0.3, -0.25) is 9.59 Å². The van der Waals surface area contributed by atoms with Crippen LogP contribution in [0.2, 0.25) is 0 Å². The Labute approximate surface area is 183 Å². The predicted molar refractivity (Wildman–Crippen MR) is 119 cm³/mol. The largest absolute Gasteiger partial charge is 0.469 e. The molecule has 6 heteroatoms. The Morgan fingerprint density at radius 1 is 0.935 bits per heavy atom. The number of benzene rings is 2. The minimum Gasteiger partial charge on any atom is -0.469 e. The highest BCUT2D eigenvalue weighted by Gasteiger charge is 2.34. The van der Waals surface area contributed by atoms with E-state index < -0.39 is 30.3 Å². The Morgan fingerprint density at radius 3 is 1.87 bits per heavy atom. The lowest BCUT2D eigenvalue weighted by Crippen LogP contribution is -2.46. The van der Waals surface area contributed by atoms with Gasteiger partial charge in [0.05, 0.1) is 13.7 Å². The van der Waals surface area contributed by atoms with Gasteiger partial charge in [-0.15, -0.1) is 0 Å². The molecule has 0 spiro atoms. The van der Waals surface area contributed by atoms with Gasteiger partial charge < -0.3 is 14.4 Å². The smallest absolute Gasteiger partial charge is 0.329 e. The quantitative estimate of drug-likeness (QED) is 0.449. The van der Waals surface area contributed by atoms with E-state index in [2.05, 4.69) is 4.74 Å². The minimum atomic E-state index is -0.889. The van der Waals surface area contributed by atoms with E-state index in [0.29, 0.717) is 0 Å². The van der Waals surface area contributed by atoms with Crippen LogP contribution in [0.4, 0.5) is 0 Å². The molecule has 2 rings (SSSR count). The van der Waals surface area contributed by atoms with Crippen molar-refractivity contribution < 1.29 is 23.9 Å². The van der Waals surface area contributed by atoms with Crippen LogP contribution in [0.3, 0.4) is 0 Å². The Balaban J connectivity index is 2.65. The summed E-state index contributed by atoms with van der Waals surface area (Å²) >= 11 is 0. The van der Waals surface area contributed by atoms with Crippen molar-refractivity contribution in [2.45, 2.75) is 33.2 Å². The normalized spacial score (nSPS) is 11.4. The molecular formula is C25H29NO5. The second-order valence-electron chi connectivity index (χ2n) is 7.27. The van der Waals surface area contributed by atoms with Crippen LogP contribution in [0.25, 0.3) is 5.57 Å². The van der Waals surface area contributed by atoms with Crippen molar-refractivity contribution >= 4 is 23.4 Å². The number of amides is 1. The molecule has 0 saturated carbocycles. The van der Waals surface area contributed by atoms with E-state index in [1.165, 1.54) is 12.0 Å². The molecule has 1 atom stereocenters. The summed E-state index contributed by atoms with van der Waals surface area (Å²) in [5.74, 6) is -1.98. The van der Waals surface area contributed by atoms with E-state index in [9.17, 15) is 14.4 Å². The van der Waals surface area contributed by atoms with E-state index >= 15 is 0 Å². The van der Waals surface area contributed by atoms with Crippen LogP contribution in [0, 0.1) is 5.92 Å². The van der Waals surface area contributed by atoms with E-state index in [1.54, 1.807) is 13.1 Å². The number of carbonyl (C=O) groups excluding carboxylic acids is 3. The van der Waals surface area contributed by atoms with Gasteiger partial charge in [-0.05, 0) is 24.0 Å². The molecule has 0 saturated heterocycles. The van der Waals surface area contributed by atoms with Gasteiger partial charge in [-0.1, -0.05) is 74.5 Å². The first-order valence-corrected chi connectivity index (χ1v) is 10.3. The first kappa shape index (κ1) is 23.9. The molecule has 0 fully saturated rings. The fourth-order valence-electron chi connectivity index (χ4n) is 3.22. The summed E-state index contributed by atoms with van der Waals surface area (Å²) in [6.07, 6.45) is 1.16. The Hall–Kier alpha value is -3.41. The maximum absolute atomic E-state index is 13.1. The van der Waals surface area contributed by atoms with Crippen molar-refractivity contribution in [3.8, 4) is 0 Å². The van der Waals surface area contributed by atoms with Crippen LogP contribution in [-0.2, 0) is 23.9 Å². The van der Waals surface area contributed by atoms with E-state index in [0.717, 1.165) is 16.7 Å². The zero-order valence-electron chi connectivity index (χ0n) is 18.4. The van der Waals surface area contributed by atoms with Crippen LogP contribution in [0.1, 0.15) is 38.3 Å². The third kappa shape index (κ3) is 6.54. The zero-order chi connectivity index (χ0) is 22.8. The van der Waals surface area contributed by atoms with Gasteiger partial charge in [0.25, 0.3) is 0 Å². The average Bonchev–Trinajstić information content (AvgIpc) is 2.77. The SMILES string of the molecule is CCOC(=O)C(C(C)C)N(C=C(c1ccccc1)c1ccccc1)C(=O)CC(=O)OC. The molecule has 0 aliphatic heterocycles. The van der Waals surface area contributed by atoms with Gasteiger partial charge >= 0.3 is 11.9 Å². The Morgan fingerprint density at radius 2 is 1.45 bits per heavy atom. The van der Waals surface area contributed by atoms with Crippen LogP contribution < -0.4 is 0 Å². The van der Waals surface area contributed by atoms with Gasteiger partial charge in [0, 0.05) is 11.8 Å². The monoisotopic (exact) mass is 423 g/mol. The van der Waals surface area contributed by atoms with Crippen LogP contribution in [0.15, 0.2) is 66.9 Å². The molecule has 0 aliphatic rings. The zero-order valence-corrected chi connectivity index (χ0v) is 18.4. The predicted octanol–water partition coefficient (Wildman–Crippen LogP) is 4.06. The van der Waals surface area contributed by atoms with Crippen molar-refractivity contribution in [3.63, 3.8) is 0 Å². The Bertz CT molecular complexity index is 865. The molecule has 0 N–H and O–H groups in total. The third-order valence-electron chi connectivity index (χ3n) is 4.71. The van der Waals surface area contributed by atoms with Gasteiger partial charge in [-0.2, -0.15) is 0 Å². The molecular weight excluding hydrogens is 394 g/mol. The molecule has 164 valence electrons. The summed E-state index contributed by atoms with van der Waals surface area (Å²) in [7, 11) is 1.22. The van der Waals surface area contributed by atoms with Crippen molar-refractivity contribution in [3.05, 3.63) is 78.0 Å². The van der Waals surface area contributed by atoms with Crippen LogP contribution in [-0.4, -0.2) is 42.5 Å². The third-order valence-corrected chi connectivity index (χ3v) is 4.71. The highest BCUT2D eigenvalue weighted by Crippen LogP contribution is 2.26. The number of rotatable bonds is 9. The summed E-state index contributed by atoms with van der Waals surface area (Å²) in [6, 6.07) is 18.2. The summed E-state index contributed by atoms with van der Waals surface area (Å²) in [5.41, 5.74) is 2.49. The molecule has 0 aromatic heterocycles. The average molecular weight is 424 g/mol. The number of ether oxygens (including phenoxy) is 2. The fraction of sp³-hybridized carbons (Fsp3) is 0.320. The molecule has 2 aromatic carbocycles. The van der Waals surface area contributed by atoms with Crippen molar-refractivity contribution in [1.29, 1.82) is 0 Å². The molecule has 1 unspecified atom stereocenters. The second-order valence-corrected chi connectivity index (χ2v) is 7.27. The molecule has 2 aromatic rings. The van der Waals surface area contributed by atoms with Gasteiger partial charge in [0.2, 0.25) is 5.91 Å². The van der Waals surface area contributed by atoms with E-state index in [1.807, 2.05) is 74.5 Å². The maximum atomic E-state index is 13.1. The van der Waals surface area contributed by atoms with Crippen molar-refractivity contribution in [2.75, 3.05) is 13.7 Å². The minimum absolute atomic E-state index is 0.190. The number of nitrogens with zero attached hydrogens (tertiary/aromatic N) is 1. The van der Waals surface area contributed by atoms with Gasteiger partial charge in [0.15, 0.2) is 0 Å². The van der Waals surface area contributed by atoms with Gasteiger partial charge in [0.1, 0.15) is 12.5 Å². The van der Waals surface area contributed by atoms with Crippen LogP contribution in [0.5, 0.6) is 0 Å². The lowest BCUT2D eigenvalue weighted by molar-refractivity contribution is -0.157. The highest BCUT2D eigenvalue weighted by molar-refractivity contribution is 5.97. The second kappa shape index (κ2) is 11.7. The lowest BCUT2D eigenvalue weighted by atomic mass is 9.97. The molecule has 1 amide bonds. The molecule has 31 heavy (non-hydrogen) atoms. The highest BCUT2D eigenvalue weighted by atomic mass is 16.5. The lowest BCUT2D eigenvalue weighted by Gasteiger charge is -2.31. The Kier molecular flexibility index (Phi) is 9.00. The van der Waals surface area contributed by atoms with Gasteiger partial charge in [-0.25, -0.2) is 4.79 Å².